The van der Waals surface area contributed by atoms with E-state index in [4.69, 9.17) is 0 Å². The molecule has 0 bridgehead atoms. The van der Waals surface area contributed by atoms with E-state index in [-0.39, 0.29) is 17.3 Å². The lowest BCUT2D eigenvalue weighted by Gasteiger charge is -2.13. The second-order valence-corrected chi connectivity index (χ2v) is 5.85. The molecule has 0 aliphatic carbocycles. The van der Waals surface area contributed by atoms with Crippen molar-refractivity contribution in [3.8, 4) is 11.5 Å². The molecule has 0 saturated heterocycles. The number of pyridine rings is 1. The summed E-state index contributed by atoms with van der Waals surface area (Å²) in [4.78, 5) is 39.9. The zero-order valence-electron chi connectivity index (χ0n) is 14.3. The van der Waals surface area contributed by atoms with Gasteiger partial charge in [0.05, 0.1) is 25.2 Å². The predicted octanol–water partition coefficient (Wildman–Crippen LogP) is 1.33. The molecular formula is C16H18N6O3. The summed E-state index contributed by atoms with van der Waals surface area (Å²) in [5, 5.41) is 3.57. The number of carbonyl (C=O) groups is 1. The first-order valence-corrected chi connectivity index (χ1v) is 7.67. The number of esters is 1. The summed E-state index contributed by atoms with van der Waals surface area (Å²) in [6, 6.07) is 1.72. The highest BCUT2D eigenvalue weighted by atomic mass is 16.5. The predicted molar refractivity (Wildman–Crippen MR) is 92.5 cm³/mol. The lowest BCUT2D eigenvalue weighted by molar-refractivity contribution is 0.0595. The van der Waals surface area contributed by atoms with Crippen molar-refractivity contribution in [3.05, 3.63) is 34.6 Å². The molecule has 3 aromatic heterocycles. The Morgan fingerprint density at radius 1 is 1.36 bits per heavy atom. The molecule has 9 nitrogen and oxygen atoms in total. The van der Waals surface area contributed by atoms with E-state index in [0.29, 0.717) is 28.2 Å². The van der Waals surface area contributed by atoms with Gasteiger partial charge in [-0.3, -0.25) is 4.79 Å². The van der Waals surface area contributed by atoms with E-state index < -0.39 is 5.97 Å². The minimum atomic E-state index is -0.521. The quantitative estimate of drug-likeness (QED) is 0.687. The summed E-state index contributed by atoms with van der Waals surface area (Å²) in [6.45, 7) is 3.90. The maximum absolute atomic E-state index is 12.5. The number of nitrogens with one attached hydrogen (secondary N) is 2. The van der Waals surface area contributed by atoms with Gasteiger partial charge < -0.3 is 19.6 Å². The van der Waals surface area contributed by atoms with Crippen molar-refractivity contribution in [3.63, 3.8) is 0 Å². The van der Waals surface area contributed by atoms with Crippen molar-refractivity contribution in [2.75, 3.05) is 12.4 Å². The van der Waals surface area contributed by atoms with E-state index in [1.807, 2.05) is 13.8 Å². The smallest absolute Gasteiger partial charge is 0.356 e. The zero-order valence-corrected chi connectivity index (χ0v) is 14.3. The molecule has 0 atom stereocenters. The summed E-state index contributed by atoms with van der Waals surface area (Å²) >= 11 is 0. The normalized spacial score (nSPS) is 11.1. The van der Waals surface area contributed by atoms with Crippen molar-refractivity contribution in [1.29, 1.82) is 0 Å². The molecule has 0 radical (unpaired) electrons. The Kier molecular flexibility index (Phi) is 4.22. The summed E-state index contributed by atoms with van der Waals surface area (Å²) in [5.41, 5.74) is 0.982. The number of aryl methyl sites for hydroxylation is 1. The highest BCUT2D eigenvalue weighted by Gasteiger charge is 2.17. The lowest BCUT2D eigenvalue weighted by atomic mass is 10.2. The van der Waals surface area contributed by atoms with Gasteiger partial charge in [-0.05, 0) is 19.9 Å². The molecule has 3 heterocycles. The van der Waals surface area contributed by atoms with E-state index in [9.17, 15) is 9.59 Å². The number of rotatable bonds is 4. The Balaban J connectivity index is 2.20. The van der Waals surface area contributed by atoms with Gasteiger partial charge in [0.15, 0.2) is 5.82 Å². The van der Waals surface area contributed by atoms with Crippen LogP contribution in [0.4, 0.5) is 5.82 Å². The maximum atomic E-state index is 12.5. The number of imidazole rings is 1. The first kappa shape index (κ1) is 16.6. The van der Waals surface area contributed by atoms with Crippen molar-refractivity contribution in [2.24, 2.45) is 7.05 Å². The molecule has 3 rings (SSSR count). The standard InChI is InChI=1S/C16H18N6O3/c1-8(2)19-14-12-9(18-7-22(3)15(12)23)5-10(20-14)13-17-6-11(21-13)16(24)25-4/h5-8H,1-4H3,(H,17,21)(H,19,20). The van der Waals surface area contributed by atoms with Crippen LogP contribution in [0.5, 0.6) is 0 Å². The van der Waals surface area contributed by atoms with Gasteiger partial charge in [0.2, 0.25) is 0 Å². The minimum Gasteiger partial charge on any atom is -0.464 e. The van der Waals surface area contributed by atoms with E-state index in [1.165, 1.54) is 24.2 Å². The Morgan fingerprint density at radius 2 is 2.12 bits per heavy atom. The van der Waals surface area contributed by atoms with Gasteiger partial charge in [0, 0.05) is 13.1 Å². The second kappa shape index (κ2) is 6.34. The fraction of sp³-hybridized carbons (Fsp3) is 0.312. The third kappa shape index (κ3) is 3.08. The van der Waals surface area contributed by atoms with Gasteiger partial charge in [-0.2, -0.15) is 0 Å². The highest BCUT2D eigenvalue weighted by Crippen LogP contribution is 2.23. The van der Waals surface area contributed by atoms with Crippen LogP contribution in [-0.4, -0.2) is 43.6 Å². The Morgan fingerprint density at radius 3 is 2.80 bits per heavy atom. The monoisotopic (exact) mass is 342 g/mol. The average molecular weight is 342 g/mol. The number of nitrogens with zero attached hydrogens (tertiary/aromatic N) is 4. The van der Waals surface area contributed by atoms with Gasteiger partial charge in [-0.15, -0.1) is 0 Å². The number of methoxy groups -OCH3 is 1. The van der Waals surface area contributed by atoms with Gasteiger partial charge in [0.1, 0.15) is 22.6 Å². The number of aromatic nitrogens is 5. The average Bonchev–Trinajstić information content (AvgIpc) is 3.06. The second-order valence-electron chi connectivity index (χ2n) is 5.85. The van der Waals surface area contributed by atoms with Gasteiger partial charge >= 0.3 is 5.97 Å². The van der Waals surface area contributed by atoms with Gasteiger partial charge in [0.25, 0.3) is 5.56 Å². The van der Waals surface area contributed by atoms with E-state index in [1.54, 1.807) is 13.1 Å². The molecule has 0 saturated carbocycles. The summed E-state index contributed by atoms with van der Waals surface area (Å²) < 4.78 is 6.06. The molecule has 0 unspecified atom stereocenters. The number of anilines is 1. The Hall–Kier alpha value is -3.23. The van der Waals surface area contributed by atoms with E-state index in [0.717, 1.165) is 0 Å². The fourth-order valence-electron chi connectivity index (χ4n) is 2.39. The highest BCUT2D eigenvalue weighted by molar-refractivity contribution is 5.91. The lowest BCUT2D eigenvalue weighted by Crippen LogP contribution is -2.21. The summed E-state index contributed by atoms with van der Waals surface area (Å²) in [6.07, 6.45) is 2.83. The number of aromatic amines is 1. The van der Waals surface area contributed by atoms with Gasteiger partial charge in [-0.1, -0.05) is 0 Å². The number of hydrogen-bond acceptors (Lipinski definition) is 7. The van der Waals surface area contributed by atoms with Crippen LogP contribution in [0.3, 0.4) is 0 Å². The zero-order chi connectivity index (χ0) is 18.1. The molecule has 3 aromatic rings. The van der Waals surface area contributed by atoms with Crippen molar-refractivity contribution in [2.45, 2.75) is 19.9 Å². The molecule has 0 aliphatic rings. The molecule has 9 heteroatoms. The SMILES string of the molecule is COC(=O)c1cnc(-c2cc3ncn(C)c(=O)c3c(NC(C)C)n2)[nH]1. The Labute approximate surface area is 143 Å². The van der Waals surface area contributed by atoms with Crippen LogP contribution < -0.4 is 10.9 Å². The molecule has 25 heavy (non-hydrogen) atoms. The van der Waals surface area contributed by atoms with Crippen molar-refractivity contribution < 1.29 is 9.53 Å². The number of carbonyl (C=O) groups excluding carboxylic acids is 1. The molecule has 0 amide bonds. The van der Waals surface area contributed by atoms with Crippen LogP contribution >= 0.6 is 0 Å². The number of ether oxygens (including phenoxy) is 1. The number of hydrogen-bond donors (Lipinski definition) is 2. The third-order valence-electron chi connectivity index (χ3n) is 3.55. The van der Waals surface area contributed by atoms with Crippen LogP contribution in [0.1, 0.15) is 24.3 Å². The molecule has 0 fully saturated rings. The molecule has 0 spiro atoms. The first-order chi connectivity index (χ1) is 11.9. The van der Waals surface area contributed by atoms with E-state index in [2.05, 4.69) is 30.0 Å². The molecule has 2 N–H and O–H groups in total. The fourth-order valence-corrected chi connectivity index (χ4v) is 2.39. The number of H-pyrrole nitrogens is 1. The first-order valence-electron chi connectivity index (χ1n) is 7.67. The van der Waals surface area contributed by atoms with Crippen molar-refractivity contribution in [1.82, 2.24) is 24.5 Å². The molecule has 130 valence electrons. The molecule has 0 aliphatic heterocycles. The largest absolute Gasteiger partial charge is 0.464 e. The minimum absolute atomic E-state index is 0.0677. The van der Waals surface area contributed by atoms with Crippen LogP contribution in [0.25, 0.3) is 22.4 Å². The van der Waals surface area contributed by atoms with E-state index >= 15 is 0 Å². The maximum Gasteiger partial charge on any atom is 0.356 e. The van der Waals surface area contributed by atoms with Crippen LogP contribution in [0.2, 0.25) is 0 Å². The number of fused-ring (bicyclic) bond motifs is 1. The summed E-state index contributed by atoms with van der Waals surface area (Å²) in [5.74, 6) is 0.288. The third-order valence-corrected chi connectivity index (χ3v) is 3.55. The topological polar surface area (TPSA) is 115 Å². The van der Waals surface area contributed by atoms with Crippen LogP contribution in [0.15, 0.2) is 23.4 Å². The Bertz CT molecular complexity index is 1000. The summed E-state index contributed by atoms with van der Waals surface area (Å²) in [7, 11) is 2.93. The van der Waals surface area contributed by atoms with Gasteiger partial charge in [-0.25, -0.2) is 19.7 Å². The molecular weight excluding hydrogens is 324 g/mol. The van der Waals surface area contributed by atoms with Crippen molar-refractivity contribution >= 4 is 22.7 Å². The molecule has 0 aromatic carbocycles. The van der Waals surface area contributed by atoms with Crippen LogP contribution in [-0.2, 0) is 11.8 Å². The van der Waals surface area contributed by atoms with Crippen LogP contribution in [0, 0.1) is 0 Å².